The van der Waals surface area contributed by atoms with Gasteiger partial charge in [0.15, 0.2) is 0 Å². The van der Waals surface area contributed by atoms with Crippen molar-refractivity contribution in [2.45, 2.75) is 25.7 Å². The zero-order valence-electron chi connectivity index (χ0n) is 11.9. The van der Waals surface area contributed by atoms with Gasteiger partial charge < -0.3 is 4.74 Å². The Bertz CT molecular complexity index is 625. The smallest absolute Gasteiger partial charge is 0.276 e. The van der Waals surface area contributed by atoms with E-state index in [1.165, 1.54) is 20.1 Å². The maximum atomic E-state index is 12.2. The van der Waals surface area contributed by atoms with Gasteiger partial charge in [-0.1, -0.05) is 0 Å². The average molecular weight is 302 g/mol. The zero-order valence-corrected chi connectivity index (χ0v) is 12.7. The van der Waals surface area contributed by atoms with E-state index in [2.05, 4.69) is 4.72 Å². The third-order valence-corrected chi connectivity index (χ3v) is 4.66. The quantitative estimate of drug-likeness (QED) is 0.487. The number of benzene rings is 1. The highest BCUT2D eigenvalue weighted by atomic mass is 32.2. The Labute approximate surface area is 118 Å². The van der Waals surface area contributed by atoms with E-state index in [1.807, 2.05) is 0 Å². The van der Waals surface area contributed by atoms with E-state index in [-0.39, 0.29) is 29.3 Å². The summed E-state index contributed by atoms with van der Waals surface area (Å²) in [6.45, 7) is 5.00. The van der Waals surface area contributed by atoms with Crippen LogP contribution in [0, 0.1) is 30.9 Å². The molecule has 0 radical (unpaired) electrons. The minimum Gasteiger partial charge on any atom is -0.383 e. The van der Waals surface area contributed by atoms with E-state index >= 15 is 0 Å². The van der Waals surface area contributed by atoms with Crippen LogP contribution in [0.25, 0.3) is 0 Å². The van der Waals surface area contributed by atoms with Crippen molar-refractivity contribution in [2.75, 3.05) is 20.3 Å². The van der Waals surface area contributed by atoms with Gasteiger partial charge in [-0.2, -0.15) is 0 Å². The van der Waals surface area contributed by atoms with Crippen LogP contribution in [0.1, 0.15) is 16.7 Å². The maximum Gasteiger partial charge on any atom is 0.276 e. The molecular weight excluding hydrogens is 284 g/mol. The van der Waals surface area contributed by atoms with Crippen LogP contribution < -0.4 is 4.72 Å². The maximum absolute atomic E-state index is 12.2. The van der Waals surface area contributed by atoms with Gasteiger partial charge in [0.2, 0.25) is 10.0 Å². The topological polar surface area (TPSA) is 98.5 Å². The highest BCUT2D eigenvalue weighted by molar-refractivity contribution is 7.89. The minimum atomic E-state index is -3.80. The summed E-state index contributed by atoms with van der Waals surface area (Å²) in [6, 6.07) is 1.51. The molecule has 0 atom stereocenters. The van der Waals surface area contributed by atoms with E-state index in [4.69, 9.17) is 4.74 Å². The standard InChI is InChI=1S/C12H18N2O5S/c1-8-7-9(2)12(10(3)11(8)14(15)16)20(17,18)13-5-6-19-4/h7,13H,5-6H2,1-4H3. The first-order valence-electron chi connectivity index (χ1n) is 5.96. The molecule has 0 aliphatic heterocycles. The second-order valence-electron chi connectivity index (χ2n) is 4.46. The fraction of sp³-hybridized carbons (Fsp3) is 0.500. The largest absolute Gasteiger partial charge is 0.383 e. The van der Waals surface area contributed by atoms with E-state index in [9.17, 15) is 18.5 Å². The molecule has 0 amide bonds. The number of methoxy groups -OCH3 is 1. The summed E-state index contributed by atoms with van der Waals surface area (Å²) in [5.41, 5.74) is 0.913. The second kappa shape index (κ2) is 6.29. The van der Waals surface area contributed by atoms with Gasteiger partial charge in [0.05, 0.1) is 16.4 Å². The van der Waals surface area contributed by atoms with Gasteiger partial charge in [-0.15, -0.1) is 0 Å². The molecule has 0 aliphatic carbocycles. The van der Waals surface area contributed by atoms with Crippen molar-refractivity contribution in [2.24, 2.45) is 0 Å². The lowest BCUT2D eigenvalue weighted by atomic mass is 10.1. The first kappa shape index (κ1) is 16.5. The summed E-state index contributed by atoms with van der Waals surface area (Å²) in [7, 11) is -2.34. The Morgan fingerprint density at radius 3 is 2.40 bits per heavy atom. The van der Waals surface area contributed by atoms with E-state index < -0.39 is 14.9 Å². The van der Waals surface area contributed by atoms with Crippen LogP contribution in [0.5, 0.6) is 0 Å². The Morgan fingerprint density at radius 2 is 1.90 bits per heavy atom. The number of hydrogen-bond donors (Lipinski definition) is 1. The monoisotopic (exact) mass is 302 g/mol. The molecule has 7 nitrogen and oxygen atoms in total. The molecule has 0 aliphatic rings. The molecule has 0 bridgehead atoms. The van der Waals surface area contributed by atoms with Crippen LogP contribution in [0.15, 0.2) is 11.0 Å². The van der Waals surface area contributed by atoms with Gasteiger partial charge >= 0.3 is 0 Å². The number of nitro benzene ring substituents is 1. The highest BCUT2D eigenvalue weighted by Gasteiger charge is 2.27. The van der Waals surface area contributed by atoms with Crippen LogP contribution in [0.4, 0.5) is 5.69 Å². The Hall–Kier alpha value is -1.51. The number of nitro groups is 1. The molecular formula is C12H18N2O5S. The first-order chi connectivity index (χ1) is 9.22. The number of rotatable bonds is 6. The molecule has 0 heterocycles. The summed E-state index contributed by atoms with van der Waals surface area (Å²) in [5, 5.41) is 11.1. The van der Waals surface area contributed by atoms with Gasteiger partial charge in [0.25, 0.3) is 5.69 Å². The average Bonchev–Trinajstić information content (AvgIpc) is 2.26. The fourth-order valence-electron chi connectivity index (χ4n) is 2.20. The SMILES string of the molecule is COCCNS(=O)(=O)c1c(C)cc(C)c([N+](=O)[O-])c1C. The van der Waals surface area contributed by atoms with Crippen LogP contribution in [-0.2, 0) is 14.8 Å². The lowest BCUT2D eigenvalue weighted by molar-refractivity contribution is -0.386. The van der Waals surface area contributed by atoms with Crippen molar-refractivity contribution >= 4 is 15.7 Å². The molecule has 20 heavy (non-hydrogen) atoms. The third kappa shape index (κ3) is 3.33. The van der Waals surface area contributed by atoms with Gasteiger partial charge in [0.1, 0.15) is 0 Å². The number of ether oxygens (including phenoxy) is 1. The van der Waals surface area contributed by atoms with Crippen molar-refractivity contribution in [1.29, 1.82) is 0 Å². The van der Waals surface area contributed by atoms with Crippen LogP contribution in [-0.4, -0.2) is 33.6 Å². The molecule has 1 rings (SSSR count). The number of nitrogens with one attached hydrogen (secondary N) is 1. The normalized spacial score (nSPS) is 11.6. The van der Waals surface area contributed by atoms with Crippen LogP contribution in [0.3, 0.4) is 0 Å². The Kier molecular flexibility index (Phi) is 5.21. The Morgan fingerprint density at radius 1 is 1.30 bits per heavy atom. The van der Waals surface area contributed by atoms with E-state index in [1.54, 1.807) is 13.8 Å². The van der Waals surface area contributed by atoms with Crippen molar-refractivity contribution in [3.05, 3.63) is 32.9 Å². The highest BCUT2D eigenvalue weighted by Crippen LogP contribution is 2.31. The van der Waals surface area contributed by atoms with E-state index in [0.29, 0.717) is 11.1 Å². The molecule has 0 saturated heterocycles. The third-order valence-electron chi connectivity index (χ3n) is 2.91. The Balaban J connectivity index is 3.38. The molecule has 0 unspecified atom stereocenters. The molecule has 8 heteroatoms. The summed E-state index contributed by atoms with van der Waals surface area (Å²) >= 11 is 0. The number of nitrogens with zero attached hydrogens (tertiary/aromatic N) is 1. The van der Waals surface area contributed by atoms with Gasteiger partial charge in [-0.05, 0) is 32.4 Å². The molecule has 1 N–H and O–H groups in total. The fourth-order valence-corrected chi connectivity index (χ4v) is 3.68. The predicted octanol–water partition coefficient (Wildman–Crippen LogP) is 1.44. The van der Waals surface area contributed by atoms with Crippen molar-refractivity contribution in [1.82, 2.24) is 4.72 Å². The lowest BCUT2D eigenvalue weighted by Crippen LogP contribution is -2.28. The van der Waals surface area contributed by atoms with Crippen molar-refractivity contribution in [3.8, 4) is 0 Å². The number of sulfonamides is 1. The molecule has 0 fully saturated rings. The first-order valence-corrected chi connectivity index (χ1v) is 7.44. The molecule has 1 aromatic carbocycles. The molecule has 0 spiro atoms. The lowest BCUT2D eigenvalue weighted by Gasteiger charge is -2.13. The van der Waals surface area contributed by atoms with Crippen molar-refractivity contribution in [3.63, 3.8) is 0 Å². The van der Waals surface area contributed by atoms with Crippen LogP contribution in [0.2, 0.25) is 0 Å². The second-order valence-corrected chi connectivity index (χ2v) is 6.16. The molecule has 0 saturated carbocycles. The molecule has 0 aromatic heterocycles. The van der Waals surface area contributed by atoms with Crippen molar-refractivity contribution < 1.29 is 18.1 Å². The summed E-state index contributed by atoms with van der Waals surface area (Å²) in [6.07, 6.45) is 0. The van der Waals surface area contributed by atoms with Gasteiger partial charge in [-0.25, -0.2) is 13.1 Å². The summed E-state index contributed by atoms with van der Waals surface area (Å²) in [4.78, 5) is 10.5. The van der Waals surface area contributed by atoms with Crippen LogP contribution >= 0.6 is 0 Å². The van der Waals surface area contributed by atoms with Gasteiger partial charge in [-0.3, -0.25) is 10.1 Å². The number of aryl methyl sites for hydroxylation is 2. The number of hydrogen-bond acceptors (Lipinski definition) is 5. The predicted molar refractivity (Wildman–Crippen MR) is 74.4 cm³/mol. The van der Waals surface area contributed by atoms with Gasteiger partial charge in [0, 0.05) is 24.8 Å². The molecule has 1 aromatic rings. The summed E-state index contributed by atoms with van der Waals surface area (Å²) < 4.78 is 31.6. The zero-order chi connectivity index (χ0) is 15.5. The van der Waals surface area contributed by atoms with E-state index in [0.717, 1.165) is 0 Å². The summed E-state index contributed by atoms with van der Waals surface area (Å²) in [5.74, 6) is 0. The molecule has 112 valence electrons. The minimum absolute atomic E-state index is 0.0362.